The van der Waals surface area contributed by atoms with E-state index >= 15 is 0 Å². The van der Waals surface area contributed by atoms with Gasteiger partial charge in [-0.25, -0.2) is 17.1 Å². The predicted octanol–water partition coefficient (Wildman–Crippen LogP) is 2.51. The van der Waals surface area contributed by atoms with Crippen molar-refractivity contribution in [2.75, 3.05) is 19.8 Å². The molecule has 11 heteroatoms. The number of nitrogens with one attached hydrogen (secondary N) is 1. The Morgan fingerprint density at radius 2 is 2.07 bits per heavy atom. The Balaban J connectivity index is 1.56. The zero-order valence-electron chi connectivity index (χ0n) is 17.2. The fraction of sp³-hybridized carbons (Fsp3) is 0.526. The summed E-state index contributed by atoms with van der Waals surface area (Å²) in [5.41, 5.74) is 1.04. The molecule has 2 aromatic heterocycles. The van der Waals surface area contributed by atoms with Gasteiger partial charge in [-0.3, -0.25) is 4.79 Å². The van der Waals surface area contributed by atoms with Crippen molar-refractivity contribution in [2.24, 2.45) is 5.92 Å². The summed E-state index contributed by atoms with van der Waals surface area (Å²) in [7, 11) is -0.627. The monoisotopic (exact) mass is 451 g/mol. The van der Waals surface area contributed by atoms with Crippen LogP contribution in [0.1, 0.15) is 32.6 Å². The van der Waals surface area contributed by atoms with Crippen LogP contribution in [0.15, 0.2) is 32.7 Å². The minimum atomic E-state index is -3.59. The van der Waals surface area contributed by atoms with E-state index in [9.17, 15) is 13.2 Å². The zero-order valence-corrected chi connectivity index (χ0v) is 18.8. The number of carbonyl (C=O) groups is 1. The Hall–Kier alpha value is -2.11. The lowest BCUT2D eigenvalue weighted by Gasteiger charge is -2.29. The Kier molecular flexibility index (Phi) is 5.78. The fourth-order valence-electron chi connectivity index (χ4n) is 3.76. The molecule has 162 valence electrons. The largest absolute Gasteiger partial charge is 0.422 e. The molecule has 1 aliphatic carbocycles. The Bertz CT molecular complexity index is 1180. The molecule has 0 aliphatic heterocycles. The van der Waals surface area contributed by atoms with Gasteiger partial charge in [0.15, 0.2) is 10.7 Å². The van der Waals surface area contributed by atoms with Crippen molar-refractivity contribution in [1.82, 2.24) is 24.2 Å². The molecule has 2 atom stereocenters. The average molecular weight is 452 g/mol. The van der Waals surface area contributed by atoms with E-state index in [1.807, 2.05) is 0 Å². The summed E-state index contributed by atoms with van der Waals surface area (Å²) in [6.45, 7) is 2.18. The normalized spacial score (nSPS) is 20.3. The van der Waals surface area contributed by atoms with Crippen LogP contribution in [0, 0.1) is 5.92 Å². The van der Waals surface area contributed by atoms with Gasteiger partial charge in [0, 0.05) is 20.1 Å². The first-order valence-corrected chi connectivity index (χ1v) is 12.3. The van der Waals surface area contributed by atoms with E-state index < -0.39 is 10.0 Å². The minimum Gasteiger partial charge on any atom is -0.422 e. The fourth-order valence-corrected chi connectivity index (χ4v) is 5.43. The third-order valence-electron chi connectivity index (χ3n) is 5.55. The molecule has 30 heavy (non-hydrogen) atoms. The summed E-state index contributed by atoms with van der Waals surface area (Å²) in [5.74, 6) is 0.904. The molecular formula is C19H25N5O4S2. The van der Waals surface area contributed by atoms with Gasteiger partial charge in [-0.05, 0) is 37.0 Å². The molecule has 0 radical (unpaired) electrons. The summed E-state index contributed by atoms with van der Waals surface area (Å²) in [4.78, 5) is 12.6. The maximum absolute atomic E-state index is 12.5. The van der Waals surface area contributed by atoms with Crippen molar-refractivity contribution in [3.05, 3.63) is 18.2 Å². The van der Waals surface area contributed by atoms with E-state index in [1.54, 1.807) is 16.5 Å². The third-order valence-corrected chi connectivity index (χ3v) is 8.29. The Morgan fingerprint density at radius 3 is 2.80 bits per heavy atom. The highest BCUT2D eigenvalue weighted by atomic mass is 32.2. The van der Waals surface area contributed by atoms with Gasteiger partial charge in [0.05, 0.1) is 16.2 Å². The lowest BCUT2D eigenvalue weighted by Crippen LogP contribution is -2.41. The average Bonchev–Trinajstić information content (AvgIpc) is 3.26. The highest BCUT2D eigenvalue weighted by molar-refractivity contribution is 7.99. The maximum Gasteiger partial charge on any atom is 0.328 e. The summed E-state index contributed by atoms with van der Waals surface area (Å²) < 4.78 is 33.4. The summed E-state index contributed by atoms with van der Waals surface area (Å²) >= 11 is 1.25. The van der Waals surface area contributed by atoms with Gasteiger partial charge in [-0.1, -0.05) is 36.6 Å². The SMILES string of the molecule is C[C@@H]1CCCC[C@@H]1NC(=O)CSc1nnc2oc3ccc(S(=O)(=O)N(C)C)cc3n12. The lowest BCUT2D eigenvalue weighted by atomic mass is 9.86. The molecule has 0 spiro atoms. The molecule has 4 rings (SSSR count). The predicted molar refractivity (Wildman–Crippen MR) is 114 cm³/mol. The Labute approximate surface area is 179 Å². The van der Waals surface area contributed by atoms with E-state index in [2.05, 4.69) is 22.4 Å². The van der Waals surface area contributed by atoms with Crippen LogP contribution >= 0.6 is 11.8 Å². The van der Waals surface area contributed by atoms with Crippen molar-refractivity contribution in [3.8, 4) is 0 Å². The van der Waals surface area contributed by atoms with Gasteiger partial charge < -0.3 is 9.73 Å². The number of benzene rings is 1. The number of oxazole rings is 1. The van der Waals surface area contributed by atoms with Crippen LogP contribution in [0.4, 0.5) is 0 Å². The smallest absolute Gasteiger partial charge is 0.328 e. The van der Waals surface area contributed by atoms with E-state index in [-0.39, 0.29) is 28.4 Å². The van der Waals surface area contributed by atoms with Crippen LogP contribution in [-0.2, 0) is 14.8 Å². The van der Waals surface area contributed by atoms with Gasteiger partial charge in [0.25, 0.3) is 0 Å². The Morgan fingerprint density at radius 1 is 1.30 bits per heavy atom. The molecule has 9 nitrogen and oxygen atoms in total. The number of amides is 1. The topological polar surface area (TPSA) is 110 Å². The van der Waals surface area contributed by atoms with Gasteiger partial charge in [-0.2, -0.15) is 0 Å². The molecule has 1 aliphatic rings. The highest BCUT2D eigenvalue weighted by Crippen LogP contribution is 2.28. The number of thioether (sulfide) groups is 1. The van der Waals surface area contributed by atoms with Crippen molar-refractivity contribution in [3.63, 3.8) is 0 Å². The number of rotatable bonds is 6. The molecule has 1 aromatic carbocycles. The molecular weight excluding hydrogens is 426 g/mol. The summed E-state index contributed by atoms with van der Waals surface area (Å²) in [6.07, 6.45) is 4.52. The van der Waals surface area contributed by atoms with Crippen LogP contribution in [0.5, 0.6) is 0 Å². The van der Waals surface area contributed by atoms with Crippen LogP contribution in [0.2, 0.25) is 0 Å². The molecule has 3 aromatic rings. The molecule has 2 heterocycles. The number of hydrogen-bond acceptors (Lipinski definition) is 7. The first-order chi connectivity index (χ1) is 14.3. The summed E-state index contributed by atoms with van der Waals surface area (Å²) in [6, 6.07) is 4.86. The number of hydrogen-bond donors (Lipinski definition) is 1. The van der Waals surface area contributed by atoms with Crippen molar-refractivity contribution in [1.29, 1.82) is 0 Å². The van der Waals surface area contributed by atoms with Crippen LogP contribution in [0.3, 0.4) is 0 Å². The van der Waals surface area contributed by atoms with E-state index in [4.69, 9.17) is 4.42 Å². The lowest BCUT2D eigenvalue weighted by molar-refractivity contribution is -0.119. The maximum atomic E-state index is 12.5. The van der Waals surface area contributed by atoms with E-state index in [0.717, 1.165) is 23.6 Å². The van der Waals surface area contributed by atoms with E-state index in [1.165, 1.54) is 38.3 Å². The quantitative estimate of drug-likeness (QED) is 0.574. The first-order valence-electron chi connectivity index (χ1n) is 9.90. The summed E-state index contributed by atoms with van der Waals surface area (Å²) in [5, 5.41) is 11.7. The van der Waals surface area contributed by atoms with Crippen LogP contribution in [-0.4, -0.2) is 59.1 Å². The van der Waals surface area contributed by atoms with Gasteiger partial charge >= 0.3 is 5.84 Å². The van der Waals surface area contributed by atoms with Gasteiger partial charge in [0.1, 0.15) is 0 Å². The molecule has 1 saturated carbocycles. The van der Waals surface area contributed by atoms with E-state index in [0.29, 0.717) is 22.2 Å². The highest BCUT2D eigenvalue weighted by Gasteiger charge is 2.24. The molecule has 0 unspecified atom stereocenters. The number of carbonyl (C=O) groups excluding carboxylic acids is 1. The zero-order chi connectivity index (χ0) is 21.5. The number of aromatic nitrogens is 3. The first kappa shape index (κ1) is 21.1. The van der Waals surface area contributed by atoms with Crippen molar-refractivity contribution < 1.29 is 17.6 Å². The molecule has 1 N–H and O–H groups in total. The molecule has 1 fully saturated rings. The standard InChI is InChI=1S/C19H25N5O4S2/c1-12-6-4-5-7-14(12)20-17(25)11-29-19-22-21-18-24(19)15-10-13(8-9-16(15)28-18)30(26,27)23(2)3/h8-10,12,14H,4-7,11H2,1-3H3,(H,20,25)/t12-,14+/m1/s1. The minimum absolute atomic E-state index is 0.0424. The van der Waals surface area contributed by atoms with Crippen molar-refractivity contribution >= 4 is 44.6 Å². The molecule has 0 saturated heterocycles. The molecule has 0 bridgehead atoms. The number of nitrogens with zero attached hydrogens (tertiary/aromatic N) is 4. The number of sulfonamides is 1. The second-order valence-electron chi connectivity index (χ2n) is 7.84. The van der Waals surface area contributed by atoms with Gasteiger partial charge in [0.2, 0.25) is 15.9 Å². The van der Waals surface area contributed by atoms with Crippen LogP contribution in [0.25, 0.3) is 16.9 Å². The third kappa shape index (κ3) is 3.93. The molecule has 1 amide bonds. The van der Waals surface area contributed by atoms with Crippen molar-refractivity contribution in [2.45, 2.75) is 48.7 Å². The second kappa shape index (κ2) is 8.20. The van der Waals surface area contributed by atoms with Crippen LogP contribution < -0.4 is 5.32 Å². The van der Waals surface area contributed by atoms with Gasteiger partial charge in [-0.15, -0.1) is 5.10 Å². The second-order valence-corrected chi connectivity index (χ2v) is 10.9. The number of fused-ring (bicyclic) bond motifs is 3.